The van der Waals surface area contributed by atoms with Gasteiger partial charge in [-0.1, -0.05) is 25.5 Å². The first-order valence-corrected chi connectivity index (χ1v) is 5.46. The van der Waals surface area contributed by atoms with Crippen LogP contribution in [0.15, 0.2) is 11.6 Å². The van der Waals surface area contributed by atoms with Crippen LogP contribution in [0.25, 0.3) is 0 Å². The average Bonchev–Trinajstić information content (AvgIpc) is 2.53. The summed E-state index contributed by atoms with van der Waals surface area (Å²) in [7, 11) is 0. The Balaban J connectivity index is 2.29. The minimum atomic E-state index is 0.456. The van der Waals surface area contributed by atoms with E-state index in [9.17, 15) is 0 Å². The molecule has 2 rings (SSSR count). The lowest BCUT2D eigenvalue weighted by atomic mass is 9.73. The van der Waals surface area contributed by atoms with Crippen molar-refractivity contribution in [2.45, 2.75) is 33.1 Å². The molecule has 2 aliphatic rings. The van der Waals surface area contributed by atoms with Gasteiger partial charge in [-0.25, -0.2) is 0 Å². The second-order valence-electron chi connectivity index (χ2n) is 4.74. The fourth-order valence-corrected chi connectivity index (χ4v) is 3.36. The molecule has 2 aliphatic carbocycles. The Hall–Kier alpha value is 0.0300. The van der Waals surface area contributed by atoms with Gasteiger partial charge in [0.25, 0.3) is 0 Å². The molecule has 1 heteroatoms. The molecule has 0 amide bonds. The molecule has 0 nitrogen and oxygen atoms in total. The lowest BCUT2D eigenvalue weighted by Gasteiger charge is -2.32. The molecular formula is C11H17Cl. The Morgan fingerprint density at radius 2 is 2.25 bits per heavy atom. The van der Waals surface area contributed by atoms with Gasteiger partial charge < -0.3 is 0 Å². The molecule has 2 fully saturated rings. The first-order chi connectivity index (χ1) is 5.66. The van der Waals surface area contributed by atoms with Gasteiger partial charge >= 0.3 is 0 Å². The Kier molecular flexibility index (Phi) is 1.99. The summed E-state index contributed by atoms with van der Waals surface area (Å²) in [5, 5.41) is 0. The van der Waals surface area contributed by atoms with E-state index in [1.54, 1.807) is 5.57 Å². The number of hydrogen-bond acceptors (Lipinski definition) is 0. The standard InChI is InChI=1S/C11H17Cl/c1-11(2)9-4-3-8(7-9)10(11)5-6-12/h5,8-9H,3-4,6-7H2,1-2H3/b10-5+. The lowest BCUT2D eigenvalue weighted by Crippen LogP contribution is -2.22. The summed E-state index contributed by atoms with van der Waals surface area (Å²) in [6, 6.07) is 0. The predicted octanol–water partition coefficient (Wildman–Crippen LogP) is 3.61. The zero-order chi connectivity index (χ0) is 8.77. The fraction of sp³-hybridized carbons (Fsp3) is 0.818. The molecule has 2 unspecified atom stereocenters. The van der Waals surface area contributed by atoms with Gasteiger partial charge in [-0.05, 0) is 36.5 Å². The van der Waals surface area contributed by atoms with Gasteiger partial charge in [0.1, 0.15) is 0 Å². The molecule has 0 spiro atoms. The van der Waals surface area contributed by atoms with Crippen LogP contribution in [0.2, 0.25) is 0 Å². The minimum absolute atomic E-state index is 0.456. The van der Waals surface area contributed by atoms with Crippen molar-refractivity contribution in [1.82, 2.24) is 0 Å². The summed E-state index contributed by atoms with van der Waals surface area (Å²) in [5.41, 5.74) is 2.10. The van der Waals surface area contributed by atoms with E-state index in [1.165, 1.54) is 19.3 Å². The van der Waals surface area contributed by atoms with Gasteiger partial charge in [-0.3, -0.25) is 0 Å². The zero-order valence-corrected chi connectivity index (χ0v) is 8.69. The summed E-state index contributed by atoms with van der Waals surface area (Å²) in [4.78, 5) is 0. The highest BCUT2D eigenvalue weighted by Gasteiger charge is 2.48. The normalized spacial score (nSPS) is 41.1. The number of alkyl halides is 1. The van der Waals surface area contributed by atoms with Crippen molar-refractivity contribution in [1.29, 1.82) is 0 Å². The highest BCUT2D eigenvalue weighted by Crippen LogP contribution is 2.58. The Labute approximate surface area is 80.0 Å². The number of hydrogen-bond donors (Lipinski definition) is 0. The maximum Gasteiger partial charge on any atom is 0.0407 e. The van der Waals surface area contributed by atoms with Crippen molar-refractivity contribution in [2.75, 3.05) is 5.88 Å². The molecule has 2 bridgehead atoms. The molecule has 12 heavy (non-hydrogen) atoms. The van der Waals surface area contributed by atoms with E-state index in [4.69, 9.17) is 11.6 Å². The highest BCUT2D eigenvalue weighted by molar-refractivity contribution is 6.18. The van der Waals surface area contributed by atoms with Crippen molar-refractivity contribution in [3.05, 3.63) is 11.6 Å². The van der Waals surface area contributed by atoms with E-state index < -0.39 is 0 Å². The second-order valence-corrected chi connectivity index (χ2v) is 5.05. The lowest BCUT2D eigenvalue weighted by molar-refractivity contribution is 0.287. The van der Waals surface area contributed by atoms with E-state index in [0.717, 1.165) is 11.8 Å². The van der Waals surface area contributed by atoms with Crippen LogP contribution in [-0.4, -0.2) is 5.88 Å². The topological polar surface area (TPSA) is 0 Å². The second kappa shape index (κ2) is 2.77. The predicted molar refractivity (Wildman–Crippen MR) is 53.4 cm³/mol. The summed E-state index contributed by atoms with van der Waals surface area (Å²) in [6.45, 7) is 4.77. The van der Waals surface area contributed by atoms with Gasteiger partial charge in [0.15, 0.2) is 0 Å². The fourth-order valence-electron chi connectivity index (χ4n) is 3.19. The maximum absolute atomic E-state index is 5.77. The largest absolute Gasteiger partial charge is 0.122 e. The molecule has 2 saturated carbocycles. The Morgan fingerprint density at radius 3 is 2.75 bits per heavy atom. The van der Waals surface area contributed by atoms with E-state index in [-0.39, 0.29) is 0 Å². The Bertz CT molecular complexity index is 215. The first-order valence-electron chi connectivity index (χ1n) is 4.92. The van der Waals surface area contributed by atoms with Crippen LogP contribution in [0.5, 0.6) is 0 Å². The summed E-state index contributed by atoms with van der Waals surface area (Å²) in [5.74, 6) is 2.52. The molecule has 0 heterocycles. The van der Waals surface area contributed by atoms with E-state index in [2.05, 4.69) is 19.9 Å². The van der Waals surface area contributed by atoms with Gasteiger partial charge in [-0.15, -0.1) is 11.6 Å². The molecule has 0 aromatic heterocycles. The van der Waals surface area contributed by atoms with Crippen molar-refractivity contribution in [2.24, 2.45) is 17.3 Å². The SMILES string of the molecule is CC1(C)/C(=C/CCl)C2CCC1C2. The van der Waals surface area contributed by atoms with Crippen molar-refractivity contribution in [3.63, 3.8) is 0 Å². The molecule has 0 aliphatic heterocycles. The monoisotopic (exact) mass is 184 g/mol. The Morgan fingerprint density at radius 1 is 1.50 bits per heavy atom. The van der Waals surface area contributed by atoms with E-state index in [1.807, 2.05) is 0 Å². The van der Waals surface area contributed by atoms with Crippen molar-refractivity contribution >= 4 is 11.6 Å². The smallest absolute Gasteiger partial charge is 0.0407 e. The first kappa shape index (κ1) is 8.62. The third-order valence-corrected chi connectivity index (χ3v) is 4.09. The summed E-state index contributed by atoms with van der Waals surface area (Å²) < 4.78 is 0. The van der Waals surface area contributed by atoms with Crippen LogP contribution in [0.3, 0.4) is 0 Å². The molecular weight excluding hydrogens is 168 g/mol. The average molecular weight is 185 g/mol. The van der Waals surface area contributed by atoms with Crippen molar-refractivity contribution in [3.8, 4) is 0 Å². The molecule has 2 atom stereocenters. The summed E-state index contributed by atoms with van der Waals surface area (Å²) in [6.07, 6.45) is 6.54. The number of allylic oxidation sites excluding steroid dienone is 2. The molecule has 0 aromatic rings. The molecule has 0 aromatic carbocycles. The number of fused-ring (bicyclic) bond motifs is 2. The molecule has 0 N–H and O–H groups in total. The van der Waals surface area contributed by atoms with Gasteiger partial charge in [0.2, 0.25) is 0 Å². The van der Waals surface area contributed by atoms with Crippen molar-refractivity contribution < 1.29 is 0 Å². The zero-order valence-electron chi connectivity index (χ0n) is 7.94. The van der Waals surface area contributed by atoms with Gasteiger partial charge in [0.05, 0.1) is 0 Å². The van der Waals surface area contributed by atoms with E-state index >= 15 is 0 Å². The van der Waals surface area contributed by atoms with Crippen LogP contribution in [0.1, 0.15) is 33.1 Å². The maximum atomic E-state index is 5.77. The van der Waals surface area contributed by atoms with Crippen LogP contribution < -0.4 is 0 Å². The van der Waals surface area contributed by atoms with Crippen LogP contribution >= 0.6 is 11.6 Å². The molecule has 0 saturated heterocycles. The van der Waals surface area contributed by atoms with Crippen LogP contribution in [0, 0.1) is 17.3 Å². The third kappa shape index (κ3) is 1.04. The van der Waals surface area contributed by atoms with Gasteiger partial charge in [0, 0.05) is 5.88 Å². The van der Waals surface area contributed by atoms with Crippen LogP contribution in [0.4, 0.5) is 0 Å². The third-order valence-electron chi connectivity index (χ3n) is 3.93. The van der Waals surface area contributed by atoms with E-state index in [0.29, 0.717) is 11.3 Å². The highest BCUT2D eigenvalue weighted by atomic mass is 35.5. The number of halogens is 1. The minimum Gasteiger partial charge on any atom is -0.122 e. The summed E-state index contributed by atoms with van der Waals surface area (Å²) >= 11 is 5.77. The van der Waals surface area contributed by atoms with Crippen LogP contribution in [-0.2, 0) is 0 Å². The molecule has 0 radical (unpaired) electrons. The van der Waals surface area contributed by atoms with Gasteiger partial charge in [-0.2, -0.15) is 0 Å². The number of rotatable bonds is 1. The quantitative estimate of drug-likeness (QED) is 0.432. The molecule has 68 valence electrons.